The lowest BCUT2D eigenvalue weighted by Crippen LogP contribution is -2.22. The summed E-state index contributed by atoms with van der Waals surface area (Å²) in [5.41, 5.74) is 2.60. The minimum atomic E-state index is -0.199. The first-order valence-electron chi connectivity index (χ1n) is 8.05. The molecule has 0 saturated heterocycles. The van der Waals surface area contributed by atoms with Crippen LogP contribution in [0.2, 0.25) is 0 Å². The second-order valence-electron chi connectivity index (χ2n) is 5.91. The zero-order chi connectivity index (χ0) is 17.1. The number of hydrogen-bond acceptors (Lipinski definition) is 5. The molecule has 0 aromatic carbocycles. The smallest absolute Gasteiger partial charge is 0.278 e. The topological polar surface area (TPSA) is 76.8 Å². The molecule has 1 atom stereocenters. The molecular formula is C17H22N6O. The Kier molecular flexibility index (Phi) is 4.50. The summed E-state index contributed by atoms with van der Waals surface area (Å²) in [6, 6.07) is 0. The lowest BCUT2D eigenvalue weighted by molar-refractivity contribution is 0.644. The van der Waals surface area contributed by atoms with Gasteiger partial charge in [-0.2, -0.15) is 5.10 Å². The highest BCUT2D eigenvalue weighted by molar-refractivity contribution is 5.69. The van der Waals surface area contributed by atoms with Gasteiger partial charge < -0.3 is 10.6 Å². The minimum absolute atomic E-state index is 0.0472. The van der Waals surface area contributed by atoms with Gasteiger partial charge in [0.25, 0.3) is 5.56 Å². The van der Waals surface area contributed by atoms with Crippen molar-refractivity contribution in [2.45, 2.75) is 39.5 Å². The van der Waals surface area contributed by atoms with Gasteiger partial charge in [-0.15, -0.1) is 0 Å². The van der Waals surface area contributed by atoms with Gasteiger partial charge in [0, 0.05) is 18.3 Å². The van der Waals surface area contributed by atoms with E-state index >= 15 is 0 Å². The van der Waals surface area contributed by atoms with E-state index < -0.39 is 0 Å². The second-order valence-corrected chi connectivity index (χ2v) is 5.91. The van der Waals surface area contributed by atoms with E-state index in [9.17, 15) is 4.79 Å². The average molecular weight is 326 g/mol. The van der Waals surface area contributed by atoms with Gasteiger partial charge >= 0.3 is 0 Å². The molecule has 0 bridgehead atoms. The maximum absolute atomic E-state index is 12.4. The molecule has 0 fully saturated rings. The molecule has 2 N–H and O–H groups in total. The van der Waals surface area contributed by atoms with Crippen molar-refractivity contribution in [1.29, 1.82) is 0 Å². The quantitative estimate of drug-likeness (QED) is 0.798. The molecule has 7 nitrogen and oxygen atoms in total. The number of hydrogen-bond donors (Lipinski definition) is 2. The first-order chi connectivity index (χ1) is 11.6. The Morgan fingerprint density at radius 2 is 2.29 bits per heavy atom. The third-order valence-corrected chi connectivity index (χ3v) is 3.87. The molecule has 0 spiro atoms. The van der Waals surface area contributed by atoms with Crippen LogP contribution in [0.15, 0.2) is 47.8 Å². The zero-order valence-electron chi connectivity index (χ0n) is 14.0. The molecule has 0 radical (unpaired) electrons. The van der Waals surface area contributed by atoms with E-state index in [-0.39, 0.29) is 11.7 Å². The summed E-state index contributed by atoms with van der Waals surface area (Å²) in [5, 5.41) is 10.8. The number of nitrogens with one attached hydrogen (secondary N) is 2. The average Bonchev–Trinajstić information content (AvgIpc) is 3.17. The van der Waals surface area contributed by atoms with Gasteiger partial charge in [-0.25, -0.2) is 4.98 Å². The van der Waals surface area contributed by atoms with E-state index in [1.165, 1.54) is 5.57 Å². The lowest BCUT2D eigenvalue weighted by Gasteiger charge is -2.08. The first kappa shape index (κ1) is 16.0. The molecule has 0 amide bonds. The number of allylic oxidation sites excluding steroid dienone is 3. The number of aromatic nitrogens is 4. The number of anilines is 2. The Hall–Kier alpha value is -2.83. The third kappa shape index (κ3) is 3.10. The number of rotatable bonds is 6. The fourth-order valence-corrected chi connectivity index (χ4v) is 2.74. The zero-order valence-corrected chi connectivity index (χ0v) is 14.0. The summed E-state index contributed by atoms with van der Waals surface area (Å²) in [5.74, 6) is 0.591. The Morgan fingerprint density at radius 3 is 3.04 bits per heavy atom. The van der Waals surface area contributed by atoms with Crippen molar-refractivity contribution in [3.05, 3.63) is 58.9 Å². The summed E-state index contributed by atoms with van der Waals surface area (Å²) in [4.78, 5) is 16.8. The largest absolute Gasteiger partial charge is 0.354 e. The molecule has 7 heteroatoms. The highest BCUT2D eigenvalue weighted by Crippen LogP contribution is 2.30. The molecule has 2 aromatic heterocycles. The Morgan fingerprint density at radius 1 is 1.46 bits per heavy atom. The van der Waals surface area contributed by atoms with Crippen molar-refractivity contribution in [1.82, 2.24) is 19.3 Å². The Labute approximate surface area is 140 Å². The van der Waals surface area contributed by atoms with E-state index in [1.54, 1.807) is 23.2 Å². The molecule has 3 rings (SSSR count). The van der Waals surface area contributed by atoms with Gasteiger partial charge in [0.15, 0.2) is 5.82 Å². The number of aryl methyl sites for hydroxylation is 1. The molecule has 1 unspecified atom stereocenters. The predicted molar refractivity (Wildman–Crippen MR) is 95.0 cm³/mol. The van der Waals surface area contributed by atoms with Crippen LogP contribution < -0.4 is 16.2 Å². The van der Waals surface area contributed by atoms with Crippen LogP contribution in [0.1, 0.15) is 32.0 Å². The molecule has 126 valence electrons. The SMILES string of the molecule is C=C/C=C(\C)Cn1cc(C2Nc3ncn(CCC)c(=O)c3N2)cn1. The van der Waals surface area contributed by atoms with Crippen LogP contribution in [-0.2, 0) is 13.1 Å². The molecule has 1 aliphatic rings. The third-order valence-electron chi connectivity index (χ3n) is 3.87. The standard InChI is InChI=1S/C17H22N6O/c1-4-6-12(3)9-23-10-13(8-19-23)15-20-14-16(21-15)18-11-22(7-5-2)17(14)24/h4,6,8,10-11,15,20-21H,1,5,7,9H2,2-3H3/b12-6+. The maximum Gasteiger partial charge on any atom is 0.278 e. The van der Waals surface area contributed by atoms with E-state index in [2.05, 4.69) is 27.3 Å². The Bertz CT molecular complexity index is 832. The van der Waals surface area contributed by atoms with Gasteiger partial charge in [-0.05, 0) is 13.3 Å². The summed E-state index contributed by atoms with van der Waals surface area (Å²) in [6.07, 6.45) is 9.77. The fraction of sp³-hybridized carbons (Fsp3) is 0.353. The van der Waals surface area contributed by atoms with Crippen LogP contribution in [-0.4, -0.2) is 19.3 Å². The van der Waals surface area contributed by atoms with Crippen LogP contribution in [0.4, 0.5) is 11.5 Å². The highest BCUT2D eigenvalue weighted by atomic mass is 16.1. The summed E-state index contributed by atoms with van der Waals surface area (Å²) in [7, 11) is 0. The van der Waals surface area contributed by atoms with Gasteiger partial charge in [-0.3, -0.25) is 14.0 Å². The molecule has 24 heavy (non-hydrogen) atoms. The summed E-state index contributed by atoms with van der Waals surface area (Å²) < 4.78 is 3.49. The molecular weight excluding hydrogens is 304 g/mol. The monoisotopic (exact) mass is 326 g/mol. The van der Waals surface area contributed by atoms with Crippen molar-refractivity contribution in [3.8, 4) is 0 Å². The van der Waals surface area contributed by atoms with Gasteiger partial charge in [-0.1, -0.05) is 31.2 Å². The van der Waals surface area contributed by atoms with Crippen LogP contribution in [0.25, 0.3) is 0 Å². The first-order valence-corrected chi connectivity index (χ1v) is 8.05. The molecule has 3 heterocycles. The second kappa shape index (κ2) is 6.74. The highest BCUT2D eigenvalue weighted by Gasteiger charge is 2.26. The Balaban J connectivity index is 1.77. The van der Waals surface area contributed by atoms with Gasteiger partial charge in [0.1, 0.15) is 11.9 Å². The molecule has 0 aliphatic carbocycles. The van der Waals surface area contributed by atoms with Crippen LogP contribution in [0.3, 0.4) is 0 Å². The van der Waals surface area contributed by atoms with Gasteiger partial charge in [0.05, 0.1) is 19.1 Å². The van der Waals surface area contributed by atoms with Crippen LogP contribution in [0.5, 0.6) is 0 Å². The normalized spacial score (nSPS) is 16.4. The maximum atomic E-state index is 12.4. The number of nitrogens with zero attached hydrogens (tertiary/aromatic N) is 4. The number of fused-ring (bicyclic) bond motifs is 1. The van der Waals surface area contributed by atoms with E-state index in [4.69, 9.17) is 0 Å². The van der Waals surface area contributed by atoms with Crippen molar-refractivity contribution in [2.24, 2.45) is 0 Å². The summed E-state index contributed by atoms with van der Waals surface area (Å²) in [6.45, 7) is 9.13. The molecule has 2 aromatic rings. The van der Waals surface area contributed by atoms with Gasteiger partial charge in [0.2, 0.25) is 0 Å². The van der Waals surface area contributed by atoms with Crippen molar-refractivity contribution in [2.75, 3.05) is 10.6 Å². The molecule has 1 aliphatic heterocycles. The van der Waals surface area contributed by atoms with Crippen LogP contribution in [0, 0.1) is 0 Å². The van der Waals surface area contributed by atoms with Crippen LogP contribution >= 0.6 is 0 Å². The van der Waals surface area contributed by atoms with Crippen molar-refractivity contribution in [3.63, 3.8) is 0 Å². The fourth-order valence-electron chi connectivity index (χ4n) is 2.74. The van der Waals surface area contributed by atoms with E-state index in [0.717, 1.165) is 12.0 Å². The summed E-state index contributed by atoms with van der Waals surface area (Å²) >= 11 is 0. The lowest BCUT2D eigenvalue weighted by atomic mass is 10.2. The van der Waals surface area contributed by atoms with Crippen molar-refractivity contribution < 1.29 is 0 Å². The predicted octanol–water partition coefficient (Wildman–Crippen LogP) is 2.52. The molecule has 0 saturated carbocycles. The van der Waals surface area contributed by atoms with E-state index in [1.807, 2.05) is 30.8 Å². The van der Waals surface area contributed by atoms with Crippen molar-refractivity contribution >= 4 is 11.5 Å². The van der Waals surface area contributed by atoms with E-state index in [0.29, 0.717) is 24.6 Å². The minimum Gasteiger partial charge on any atom is -0.354 e.